The Bertz CT molecular complexity index is 351. The van der Waals surface area contributed by atoms with Gasteiger partial charge in [-0.1, -0.05) is 6.07 Å². The molecule has 0 spiro atoms. The van der Waals surface area contributed by atoms with Crippen LogP contribution in [0.3, 0.4) is 0 Å². The molecule has 3 aliphatic heterocycles. The van der Waals surface area contributed by atoms with Crippen LogP contribution < -0.4 is 0 Å². The molecule has 0 aromatic carbocycles. The summed E-state index contributed by atoms with van der Waals surface area (Å²) < 4.78 is 0. The Morgan fingerprint density at radius 2 is 2.14 bits per heavy atom. The van der Waals surface area contributed by atoms with Gasteiger partial charge in [0.2, 0.25) is 0 Å². The zero-order valence-electron chi connectivity index (χ0n) is 8.66. The molecule has 0 unspecified atom stereocenters. The van der Waals surface area contributed by atoms with E-state index in [1.807, 2.05) is 6.20 Å². The summed E-state index contributed by atoms with van der Waals surface area (Å²) in [5.74, 6) is 0.740. The van der Waals surface area contributed by atoms with Gasteiger partial charge in [0.05, 0.1) is 0 Å². The minimum atomic E-state index is 0.740. The summed E-state index contributed by atoms with van der Waals surface area (Å²) in [5.41, 5.74) is 4.16. The average molecular weight is 188 g/mol. The molecule has 0 N–H and O–H groups in total. The minimum Gasteiger partial charge on any atom is -0.299 e. The van der Waals surface area contributed by atoms with E-state index in [2.05, 4.69) is 22.9 Å². The van der Waals surface area contributed by atoms with E-state index >= 15 is 0 Å². The summed E-state index contributed by atoms with van der Waals surface area (Å²) in [6, 6.07) is 2.32. The van der Waals surface area contributed by atoms with Gasteiger partial charge in [0.15, 0.2) is 0 Å². The summed E-state index contributed by atoms with van der Waals surface area (Å²) in [6.07, 6.45) is 4.64. The van der Waals surface area contributed by atoms with Crippen molar-refractivity contribution in [3.63, 3.8) is 0 Å². The molecule has 0 atom stereocenters. The van der Waals surface area contributed by atoms with E-state index in [-0.39, 0.29) is 0 Å². The van der Waals surface area contributed by atoms with E-state index in [1.54, 1.807) is 0 Å². The van der Waals surface area contributed by atoms with Crippen LogP contribution in [-0.4, -0.2) is 23.0 Å². The number of pyridine rings is 1. The molecule has 4 heterocycles. The molecule has 1 aromatic rings. The second-order valence-electron chi connectivity index (χ2n) is 4.61. The molecule has 2 nitrogen and oxygen atoms in total. The first-order valence-electron chi connectivity index (χ1n) is 5.51. The summed E-state index contributed by atoms with van der Waals surface area (Å²) in [5, 5.41) is 0. The Balaban J connectivity index is 2.10. The van der Waals surface area contributed by atoms with Gasteiger partial charge in [0.1, 0.15) is 0 Å². The third-order valence-electron chi connectivity index (χ3n) is 3.51. The van der Waals surface area contributed by atoms with Crippen molar-refractivity contribution in [1.82, 2.24) is 9.88 Å². The molecular weight excluding hydrogens is 172 g/mol. The van der Waals surface area contributed by atoms with Crippen LogP contribution in [-0.2, 0) is 6.54 Å². The first kappa shape index (κ1) is 8.42. The molecule has 1 fully saturated rings. The molecule has 0 aliphatic carbocycles. The van der Waals surface area contributed by atoms with Crippen LogP contribution in [0.4, 0.5) is 0 Å². The van der Waals surface area contributed by atoms with Gasteiger partial charge in [0.25, 0.3) is 0 Å². The Labute approximate surface area is 85.0 Å². The molecule has 74 valence electrons. The molecule has 0 saturated carbocycles. The third-order valence-corrected chi connectivity index (χ3v) is 3.51. The van der Waals surface area contributed by atoms with Gasteiger partial charge in [0, 0.05) is 24.4 Å². The summed E-state index contributed by atoms with van der Waals surface area (Å²) in [7, 11) is 0. The maximum Gasteiger partial charge on any atom is 0.0480 e. The van der Waals surface area contributed by atoms with Gasteiger partial charge in [-0.25, -0.2) is 0 Å². The number of aryl methyl sites for hydroxylation is 1. The second kappa shape index (κ2) is 3.06. The molecule has 0 radical (unpaired) electrons. The van der Waals surface area contributed by atoms with Crippen LogP contribution in [0, 0.1) is 6.92 Å². The predicted molar refractivity (Wildman–Crippen MR) is 56.2 cm³/mol. The Morgan fingerprint density at radius 3 is 2.93 bits per heavy atom. The molecule has 1 aromatic heterocycles. The predicted octanol–water partition coefficient (Wildman–Crippen LogP) is 2.08. The lowest BCUT2D eigenvalue weighted by atomic mass is 9.93. The van der Waals surface area contributed by atoms with Crippen molar-refractivity contribution < 1.29 is 0 Å². The third kappa shape index (κ3) is 1.25. The summed E-state index contributed by atoms with van der Waals surface area (Å²) in [4.78, 5) is 7.19. The van der Waals surface area contributed by atoms with Gasteiger partial charge in [-0.3, -0.25) is 9.88 Å². The number of aromatic nitrogens is 1. The van der Waals surface area contributed by atoms with Gasteiger partial charge >= 0.3 is 0 Å². The monoisotopic (exact) mass is 188 g/mol. The standard InChI is InChI=1S/C12H16N2/c1-9-6-11-8-14-4-2-10(3-5-14)12(11)13-7-9/h6-7,10H,2-5,8H2,1H3. The highest BCUT2D eigenvalue weighted by Crippen LogP contribution is 2.34. The topological polar surface area (TPSA) is 16.1 Å². The maximum absolute atomic E-state index is 4.63. The van der Waals surface area contributed by atoms with Crippen molar-refractivity contribution in [1.29, 1.82) is 0 Å². The molecule has 0 amide bonds. The summed E-state index contributed by atoms with van der Waals surface area (Å²) in [6.45, 7) is 5.79. The summed E-state index contributed by atoms with van der Waals surface area (Å²) >= 11 is 0. The van der Waals surface area contributed by atoms with Crippen molar-refractivity contribution in [3.8, 4) is 0 Å². The number of nitrogens with zero attached hydrogens (tertiary/aromatic N) is 2. The molecule has 1 saturated heterocycles. The molecular formula is C12H16N2. The Morgan fingerprint density at radius 1 is 1.36 bits per heavy atom. The van der Waals surface area contributed by atoms with Crippen molar-refractivity contribution >= 4 is 0 Å². The lowest BCUT2D eigenvalue weighted by Crippen LogP contribution is -2.28. The van der Waals surface area contributed by atoms with Crippen molar-refractivity contribution in [2.75, 3.05) is 13.1 Å². The number of fused-ring (bicyclic) bond motifs is 2. The highest BCUT2D eigenvalue weighted by Gasteiger charge is 2.28. The first-order chi connectivity index (χ1) is 6.83. The Kier molecular flexibility index (Phi) is 1.84. The first-order valence-corrected chi connectivity index (χ1v) is 5.51. The quantitative estimate of drug-likeness (QED) is 0.619. The van der Waals surface area contributed by atoms with Crippen LogP contribution in [0.1, 0.15) is 35.6 Å². The van der Waals surface area contributed by atoms with E-state index in [9.17, 15) is 0 Å². The van der Waals surface area contributed by atoms with Crippen molar-refractivity contribution in [3.05, 3.63) is 29.1 Å². The van der Waals surface area contributed by atoms with Crippen LogP contribution in [0.15, 0.2) is 12.3 Å². The highest BCUT2D eigenvalue weighted by molar-refractivity contribution is 5.29. The number of hydrogen-bond donors (Lipinski definition) is 0. The molecule has 2 bridgehead atoms. The number of piperidine rings is 1. The van der Waals surface area contributed by atoms with Crippen molar-refractivity contribution in [2.24, 2.45) is 0 Å². The lowest BCUT2D eigenvalue weighted by Gasteiger charge is -2.26. The van der Waals surface area contributed by atoms with E-state index < -0.39 is 0 Å². The van der Waals surface area contributed by atoms with Crippen LogP contribution in [0.25, 0.3) is 0 Å². The van der Waals surface area contributed by atoms with Crippen LogP contribution in [0.5, 0.6) is 0 Å². The van der Waals surface area contributed by atoms with Gasteiger partial charge in [-0.2, -0.15) is 0 Å². The molecule has 4 rings (SSSR count). The molecule has 3 aliphatic rings. The second-order valence-corrected chi connectivity index (χ2v) is 4.61. The SMILES string of the molecule is Cc1cnc2c(c1)CN1CCC2CC1. The van der Waals surface area contributed by atoms with Crippen LogP contribution in [0.2, 0.25) is 0 Å². The zero-order chi connectivity index (χ0) is 9.54. The fraction of sp³-hybridized carbons (Fsp3) is 0.583. The number of hydrogen-bond acceptors (Lipinski definition) is 2. The van der Waals surface area contributed by atoms with E-state index in [1.165, 1.54) is 42.8 Å². The molecule has 14 heavy (non-hydrogen) atoms. The largest absolute Gasteiger partial charge is 0.299 e. The minimum absolute atomic E-state index is 0.740. The Hall–Kier alpha value is -0.890. The zero-order valence-corrected chi connectivity index (χ0v) is 8.66. The van der Waals surface area contributed by atoms with Gasteiger partial charge in [-0.05, 0) is 44.0 Å². The fourth-order valence-electron chi connectivity index (χ4n) is 2.74. The average Bonchev–Trinajstić information content (AvgIpc) is 2.45. The smallest absolute Gasteiger partial charge is 0.0480 e. The van der Waals surface area contributed by atoms with Gasteiger partial charge < -0.3 is 0 Å². The van der Waals surface area contributed by atoms with Crippen LogP contribution >= 0.6 is 0 Å². The van der Waals surface area contributed by atoms with E-state index in [0.717, 1.165) is 12.5 Å². The highest BCUT2D eigenvalue weighted by atomic mass is 15.1. The maximum atomic E-state index is 4.63. The molecule has 2 heteroatoms. The fourth-order valence-corrected chi connectivity index (χ4v) is 2.74. The van der Waals surface area contributed by atoms with Crippen molar-refractivity contribution in [2.45, 2.75) is 32.2 Å². The number of rotatable bonds is 0. The van der Waals surface area contributed by atoms with E-state index in [4.69, 9.17) is 0 Å². The van der Waals surface area contributed by atoms with E-state index in [0.29, 0.717) is 0 Å². The lowest BCUT2D eigenvalue weighted by molar-refractivity contribution is 0.220. The normalized spacial score (nSPS) is 29.8. The van der Waals surface area contributed by atoms with Gasteiger partial charge in [-0.15, -0.1) is 0 Å².